The summed E-state index contributed by atoms with van der Waals surface area (Å²) < 4.78 is 13.6. The van der Waals surface area contributed by atoms with Crippen molar-refractivity contribution in [1.82, 2.24) is 9.97 Å². The van der Waals surface area contributed by atoms with Crippen molar-refractivity contribution in [1.29, 1.82) is 0 Å². The summed E-state index contributed by atoms with van der Waals surface area (Å²) in [4.78, 5) is 21.4. The van der Waals surface area contributed by atoms with Gasteiger partial charge in [0.2, 0.25) is 0 Å². The van der Waals surface area contributed by atoms with Crippen molar-refractivity contribution >= 4 is 32.9 Å². The second-order valence-corrected chi connectivity index (χ2v) is 6.72. The highest BCUT2D eigenvalue weighted by molar-refractivity contribution is 7.22. The molecule has 0 saturated heterocycles. The summed E-state index contributed by atoms with van der Waals surface area (Å²) in [6.45, 7) is 0. The van der Waals surface area contributed by atoms with Gasteiger partial charge in [-0.2, -0.15) is 0 Å². The molecule has 0 spiro atoms. The predicted octanol–water partition coefficient (Wildman–Crippen LogP) is 4.52. The molecule has 3 aromatic heterocycles. The Labute approximate surface area is 132 Å². The van der Waals surface area contributed by atoms with Gasteiger partial charge >= 0.3 is 0 Å². The number of thiophene rings is 2. The Morgan fingerprint density at radius 3 is 2.64 bits per heavy atom. The molecule has 1 N–H and O–H groups in total. The summed E-state index contributed by atoms with van der Waals surface area (Å²) in [5, 5.41) is 1.94. The number of rotatable bonds is 2. The zero-order valence-electron chi connectivity index (χ0n) is 11.2. The molecule has 0 fully saturated rings. The number of benzene rings is 1. The van der Waals surface area contributed by atoms with E-state index in [0.29, 0.717) is 16.0 Å². The molecule has 22 heavy (non-hydrogen) atoms. The van der Waals surface area contributed by atoms with Crippen LogP contribution in [0.2, 0.25) is 0 Å². The van der Waals surface area contributed by atoms with Gasteiger partial charge in [0.15, 0.2) is 5.82 Å². The Hall–Kier alpha value is -2.31. The van der Waals surface area contributed by atoms with Crippen LogP contribution in [0, 0.1) is 5.82 Å². The third-order valence-corrected chi connectivity index (χ3v) is 5.31. The van der Waals surface area contributed by atoms with E-state index in [1.807, 2.05) is 23.6 Å². The van der Waals surface area contributed by atoms with Crippen molar-refractivity contribution < 1.29 is 4.39 Å². The van der Waals surface area contributed by atoms with Crippen LogP contribution in [0.15, 0.2) is 52.6 Å². The zero-order chi connectivity index (χ0) is 15.1. The van der Waals surface area contributed by atoms with E-state index >= 15 is 0 Å². The first-order valence-electron chi connectivity index (χ1n) is 6.54. The third kappa shape index (κ3) is 2.26. The van der Waals surface area contributed by atoms with Crippen LogP contribution in [0.3, 0.4) is 0 Å². The lowest BCUT2D eigenvalue weighted by molar-refractivity contribution is 0.628. The number of hydrogen-bond donors (Lipinski definition) is 1. The number of aromatic nitrogens is 2. The fourth-order valence-electron chi connectivity index (χ4n) is 2.23. The van der Waals surface area contributed by atoms with Crippen LogP contribution in [0.4, 0.5) is 4.39 Å². The number of aromatic amines is 1. The van der Waals surface area contributed by atoms with E-state index in [1.54, 1.807) is 12.1 Å². The molecule has 1 aromatic carbocycles. The summed E-state index contributed by atoms with van der Waals surface area (Å²) in [5.74, 6) is 0.303. The topological polar surface area (TPSA) is 45.8 Å². The summed E-state index contributed by atoms with van der Waals surface area (Å²) in [7, 11) is 0. The molecule has 0 atom stereocenters. The van der Waals surface area contributed by atoms with E-state index < -0.39 is 0 Å². The molecule has 0 aliphatic carbocycles. The molecule has 6 heteroatoms. The average molecular weight is 328 g/mol. The highest BCUT2D eigenvalue weighted by atomic mass is 32.1. The van der Waals surface area contributed by atoms with Gasteiger partial charge in [-0.15, -0.1) is 22.7 Å². The van der Waals surface area contributed by atoms with Crippen molar-refractivity contribution in [2.45, 2.75) is 0 Å². The largest absolute Gasteiger partial charge is 0.305 e. The van der Waals surface area contributed by atoms with E-state index in [9.17, 15) is 9.18 Å². The first-order chi connectivity index (χ1) is 10.7. The molecule has 0 saturated carbocycles. The minimum absolute atomic E-state index is 0.147. The van der Waals surface area contributed by atoms with E-state index in [1.165, 1.54) is 34.8 Å². The number of hydrogen-bond acceptors (Lipinski definition) is 4. The molecule has 0 unspecified atom stereocenters. The van der Waals surface area contributed by atoms with E-state index in [0.717, 1.165) is 15.3 Å². The summed E-state index contributed by atoms with van der Waals surface area (Å²) in [6.07, 6.45) is 0. The summed E-state index contributed by atoms with van der Waals surface area (Å²) in [6, 6.07) is 11.9. The highest BCUT2D eigenvalue weighted by Crippen LogP contribution is 2.32. The van der Waals surface area contributed by atoms with Crippen LogP contribution in [0.5, 0.6) is 0 Å². The quantitative estimate of drug-likeness (QED) is 0.588. The maximum atomic E-state index is 13.0. The van der Waals surface area contributed by atoms with Gasteiger partial charge < -0.3 is 4.98 Å². The molecule has 4 rings (SSSR count). The van der Waals surface area contributed by atoms with Gasteiger partial charge in [-0.05, 0) is 35.2 Å². The SMILES string of the molecule is O=c1[nH]c(-c2cccs2)nc2cc(-c3ccc(F)cc3)sc12. The first-order valence-corrected chi connectivity index (χ1v) is 8.24. The molecule has 0 aliphatic rings. The van der Waals surface area contributed by atoms with E-state index in [-0.39, 0.29) is 11.4 Å². The molecule has 0 aliphatic heterocycles. The third-order valence-electron chi connectivity index (χ3n) is 3.27. The molecule has 108 valence electrons. The molecule has 3 nitrogen and oxygen atoms in total. The molecule has 0 bridgehead atoms. The van der Waals surface area contributed by atoms with Gasteiger partial charge in [-0.1, -0.05) is 18.2 Å². The van der Waals surface area contributed by atoms with Gasteiger partial charge in [0.05, 0.1) is 10.4 Å². The van der Waals surface area contributed by atoms with Crippen LogP contribution >= 0.6 is 22.7 Å². The van der Waals surface area contributed by atoms with Gasteiger partial charge in [0, 0.05) is 4.88 Å². The Kier molecular flexibility index (Phi) is 3.13. The minimum Gasteiger partial charge on any atom is -0.305 e. The molecule has 3 heterocycles. The molecule has 0 amide bonds. The van der Waals surface area contributed by atoms with Crippen LogP contribution < -0.4 is 5.56 Å². The van der Waals surface area contributed by atoms with Crippen LogP contribution in [0.25, 0.3) is 31.4 Å². The Morgan fingerprint density at radius 1 is 1.09 bits per heavy atom. The van der Waals surface area contributed by atoms with Crippen molar-refractivity contribution in [3.8, 4) is 21.1 Å². The van der Waals surface area contributed by atoms with E-state index in [2.05, 4.69) is 9.97 Å². The minimum atomic E-state index is -0.277. The average Bonchev–Trinajstić information content (AvgIpc) is 3.17. The predicted molar refractivity (Wildman–Crippen MR) is 88.9 cm³/mol. The normalized spacial score (nSPS) is 11.1. The van der Waals surface area contributed by atoms with Crippen LogP contribution in [0.1, 0.15) is 0 Å². The molecular formula is C16H9FN2OS2. The van der Waals surface area contributed by atoms with Gasteiger partial charge in [-0.25, -0.2) is 9.37 Å². The number of nitrogens with zero attached hydrogens (tertiary/aromatic N) is 1. The van der Waals surface area contributed by atoms with E-state index in [4.69, 9.17) is 0 Å². The number of H-pyrrole nitrogens is 1. The van der Waals surface area contributed by atoms with Crippen molar-refractivity contribution in [3.63, 3.8) is 0 Å². The van der Waals surface area contributed by atoms with Crippen molar-refractivity contribution in [2.75, 3.05) is 0 Å². The first kappa shape index (κ1) is 13.4. The fourth-order valence-corrected chi connectivity index (χ4v) is 3.89. The maximum Gasteiger partial charge on any atom is 0.269 e. The second kappa shape index (κ2) is 5.15. The highest BCUT2D eigenvalue weighted by Gasteiger charge is 2.11. The lowest BCUT2D eigenvalue weighted by Gasteiger charge is -1.96. The molecule has 4 aromatic rings. The number of fused-ring (bicyclic) bond motifs is 1. The monoisotopic (exact) mass is 328 g/mol. The molecular weight excluding hydrogens is 319 g/mol. The van der Waals surface area contributed by atoms with Crippen molar-refractivity contribution in [2.24, 2.45) is 0 Å². The van der Waals surface area contributed by atoms with Gasteiger partial charge in [-0.3, -0.25) is 4.79 Å². The van der Waals surface area contributed by atoms with Crippen LogP contribution in [-0.2, 0) is 0 Å². The lowest BCUT2D eigenvalue weighted by Crippen LogP contribution is -2.06. The summed E-state index contributed by atoms with van der Waals surface area (Å²) >= 11 is 2.89. The maximum absolute atomic E-state index is 13.0. The second-order valence-electron chi connectivity index (χ2n) is 4.72. The Morgan fingerprint density at radius 2 is 1.91 bits per heavy atom. The van der Waals surface area contributed by atoms with Gasteiger partial charge in [0.1, 0.15) is 10.5 Å². The summed E-state index contributed by atoms with van der Waals surface area (Å²) in [5.41, 5.74) is 1.39. The zero-order valence-corrected chi connectivity index (χ0v) is 12.8. The number of nitrogens with one attached hydrogen (secondary N) is 1. The smallest absolute Gasteiger partial charge is 0.269 e. The lowest BCUT2D eigenvalue weighted by atomic mass is 10.2. The number of halogens is 1. The Balaban J connectivity index is 1.89. The Bertz CT molecular complexity index is 1000. The standard InChI is InChI=1S/C16H9FN2OS2/c17-10-5-3-9(4-6-10)13-8-11-14(22-13)16(20)19-15(18-11)12-2-1-7-21-12/h1-8H,(H,18,19,20). The molecule has 0 radical (unpaired) electrons. The van der Waals surface area contributed by atoms with Crippen molar-refractivity contribution in [3.05, 3.63) is 64.0 Å². The fraction of sp³-hybridized carbons (Fsp3) is 0. The van der Waals surface area contributed by atoms with Gasteiger partial charge in [0.25, 0.3) is 5.56 Å². The van der Waals surface area contributed by atoms with Crippen LogP contribution in [-0.4, -0.2) is 9.97 Å².